The van der Waals surface area contributed by atoms with Crippen molar-refractivity contribution < 1.29 is 9.53 Å². The number of carbonyl (C=O) groups excluding carboxylic acids is 1. The van der Waals surface area contributed by atoms with Crippen molar-refractivity contribution in [2.45, 2.75) is 26.7 Å². The first-order valence-electron chi connectivity index (χ1n) is 9.02. The molecule has 148 valence electrons. The fourth-order valence-electron chi connectivity index (χ4n) is 3.53. The maximum Gasteiger partial charge on any atom is 0.273 e. The average Bonchev–Trinajstić information content (AvgIpc) is 3.02. The molecule has 2 heterocycles. The molecule has 0 saturated carbocycles. The molecule has 1 aliphatic rings. The van der Waals surface area contributed by atoms with Crippen LogP contribution in [0.25, 0.3) is 5.69 Å². The Balaban J connectivity index is 0.00000261. The second kappa shape index (κ2) is 9.30. The Morgan fingerprint density at radius 3 is 2.74 bits per heavy atom. The van der Waals surface area contributed by atoms with E-state index in [1.807, 2.05) is 38.1 Å². The fourth-order valence-corrected chi connectivity index (χ4v) is 3.53. The van der Waals surface area contributed by atoms with E-state index in [1.165, 1.54) is 0 Å². The number of piperidine rings is 1. The fraction of sp³-hybridized carbons (Fsp3) is 0.526. The minimum Gasteiger partial charge on any atom is -0.384 e. The molecule has 0 aliphatic carbocycles. The normalized spacial score (nSPS) is 15.8. The molecule has 0 spiro atoms. The van der Waals surface area contributed by atoms with Crippen LogP contribution in [0.5, 0.6) is 0 Å². The lowest BCUT2D eigenvalue weighted by molar-refractivity contribution is 0.0510. The molecule has 0 radical (unpaired) electrons. The Morgan fingerprint density at radius 2 is 2.07 bits per heavy atom. The molecule has 0 bridgehead atoms. The van der Waals surface area contributed by atoms with Crippen LogP contribution in [0.1, 0.15) is 34.6 Å². The van der Waals surface area contributed by atoms with Crippen molar-refractivity contribution in [2.24, 2.45) is 5.41 Å². The molecule has 1 aromatic heterocycles. The van der Waals surface area contributed by atoms with Crippen molar-refractivity contribution in [3.05, 3.63) is 41.2 Å². The largest absolute Gasteiger partial charge is 0.384 e. The maximum atomic E-state index is 12.7. The molecule has 0 atom stereocenters. The van der Waals surface area contributed by atoms with Crippen LogP contribution in [-0.4, -0.2) is 54.3 Å². The average molecular weight is 394 g/mol. The number of carbonyl (C=O) groups is 1. The smallest absolute Gasteiger partial charge is 0.273 e. The second-order valence-electron chi connectivity index (χ2n) is 7.14. The number of nitrogens with one attached hydrogen (secondary N) is 2. The van der Waals surface area contributed by atoms with E-state index in [9.17, 15) is 4.79 Å². The van der Waals surface area contributed by atoms with Crippen LogP contribution in [0.3, 0.4) is 0 Å². The Labute approximate surface area is 166 Å². The van der Waals surface area contributed by atoms with Crippen molar-refractivity contribution in [1.29, 1.82) is 0 Å². The summed E-state index contributed by atoms with van der Waals surface area (Å²) in [4.78, 5) is 12.7. The Morgan fingerprint density at radius 1 is 1.33 bits per heavy atom. The molecule has 2 aromatic rings. The van der Waals surface area contributed by atoms with Crippen LogP contribution in [0.15, 0.2) is 24.3 Å². The van der Waals surface area contributed by atoms with Gasteiger partial charge in [-0.1, -0.05) is 17.3 Å². The van der Waals surface area contributed by atoms with Crippen molar-refractivity contribution >= 4 is 18.3 Å². The third-order valence-corrected chi connectivity index (χ3v) is 5.09. The van der Waals surface area contributed by atoms with Gasteiger partial charge in [-0.3, -0.25) is 4.79 Å². The van der Waals surface area contributed by atoms with Crippen LogP contribution in [0.4, 0.5) is 0 Å². The quantitative estimate of drug-likeness (QED) is 0.785. The number of hydrogen-bond acceptors (Lipinski definition) is 5. The number of methoxy groups -OCH3 is 1. The third-order valence-electron chi connectivity index (χ3n) is 5.09. The predicted octanol–water partition coefficient (Wildman–Crippen LogP) is 2.05. The molecule has 2 N–H and O–H groups in total. The van der Waals surface area contributed by atoms with E-state index >= 15 is 0 Å². The molecule has 1 fully saturated rings. The lowest BCUT2D eigenvalue weighted by Gasteiger charge is -2.37. The van der Waals surface area contributed by atoms with E-state index in [1.54, 1.807) is 11.8 Å². The first-order chi connectivity index (χ1) is 12.5. The summed E-state index contributed by atoms with van der Waals surface area (Å²) >= 11 is 0. The van der Waals surface area contributed by atoms with E-state index in [-0.39, 0.29) is 23.7 Å². The third kappa shape index (κ3) is 4.86. The van der Waals surface area contributed by atoms with Gasteiger partial charge in [0.2, 0.25) is 0 Å². The monoisotopic (exact) mass is 393 g/mol. The minimum absolute atomic E-state index is 0. The molecule has 1 aromatic carbocycles. The van der Waals surface area contributed by atoms with Crippen molar-refractivity contribution in [1.82, 2.24) is 25.6 Å². The summed E-state index contributed by atoms with van der Waals surface area (Å²) in [5.74, 6) is -0.185. The number of rotatable bonds is 6. The predicted molar refractivity (Wildman–Crippen MR) is 107 cm³/mol. The summed E-state index contributed by atoms with van der Waals surface area (Å²) in [5.41, 5.74) is 3.13. The zero-order valence-corrected chi connectivity index (χ0v) is 16.9. The zero-order chi connectivity index (χ0) is 18.6. The number of nitrogens with zero attached hydrogens (tertiary/aromatic N) is 3. The van der Waals surface area contributed by atoms with E-state index in [0.29, 0.717) is 18.8 Å². The molecule has 8 heteroatoms. The molecule has 1 saturated heterocycles. The van der Waals surface area contributed by atoms with Gasteiger partial charge < -0.3 is 15.4 Å². The van der Waals surface area contributed by atoms with Gasteiger partial charge in [0.05, 0.1) is 18.0 Å². The van der Waals surface area contributed by atoms with Crippen LogP contribution < -0.4 is 10.6 Å². The SMILES string of the molecule is COCC1(CNC(=O)c2nnn(-c3cccc(C)c3)c2C)CCNCC1.Cl. The van der Waals surface area contributed by atoms with Crippen LogP contribution in [0.2, 0.25) is 0 Å². The molecular formula is C19H28ClN5O2. The second-order valence-corrected chi connectivity index (χ2v) is 7.14. The van der Waals surface area contributed by atoms with Crippen molar-refractivity contribution in [2.75, 3.05) is 33.4 Å². The van der Waals surface area contributed by atoms with E-state index in [2.05, 4.69) is 20.9 Å². The molecule has 1 amide bonds. The molecular weight excluding hydrogens is 366 g/mol. The molecule has 3 rings (SSSR count). The standard InChI is InChI=1S/C19H27N5O2.ClH/c1-14-5-4-6-16(11-14)24-15(2)17(22-23-24)18(25)21-12-19(13-26-3)7-9-20-10-8-19;/h4-6,11,20H,7-10,12-13H2,1-3H3,(H,21,25);1H. The van der Waals surface area contributed by atoms with Gasteiger partial charge in [-0.15, -0.1) is 17.5 Å². The van der Waals surface area contributed by atoms with Gasteiger partial charge >= 0.3 is 0 Å². The summed E-state index contributed by atoms with van der Waals surface area (Å²) < 4.78 is 7.11. The van der Waals surface area contributed by atoms with Gasteiger partial charge in [0, 0.05) is 19.1 Å². The Hall–Kier alpha value is -1.96. The molecule has 27 heavy (non-hydrogen) atoms. The summed E-state index contributed by atoms with van der Waals surface area (Å²) in [6.45, 7) is 7.01. The Kier molecular flexibility index (Phi) is 7.35. The number of aryl methyl sites for hydroxylation is 1. The number of ether oxygens (including phenoxy) is 1. The van der Waals surface area contributed by atoms with Crippen molar-refractivity contribution in [3.8, 4) is 5.69 Å². The lowest BCUT2D eigenvalue weighted by atomic mass is 9.79. The number of aromatic nitrogens is 3. The number of amides is 1. The molecule has 7 nitrogen and oxygen atoms in total. The molecule has 0 unspecified atom stereocenters. The van der Waals surface area contributed by atoms with E-state index in [0.717, 1.165) is 42.9 Å². The first-order valence-corrected chi connectivity index (χ1v) is 9.02. The number of hydrogen-bond donors (Lipinski definition) is 2. The van der Waals surface area contributed by atoms with Crippen LogP contribution >= 0.6 is 12.4 Å². The van der Waals surface area contributed by atoms with Gasteiger partial charge in [0.1, 0.15) is 0 Å². The summed E-state index contributed by atoms with van der Waals surface area (Å²) in [6, 6.07) is 7.97. The summed E-state index contributed by atoms with van der Waals surface area (Å²) in [6.07, 6.45) is 1.96. The number of benzene rings is 1. The van der Waals surface area contributed by atoms with Gasteiger partial charge in [-0.25, -0.2) is 4.68 Å². The van der Waals surface area contributed by atoms with Gasteiger partial charge in [-0.2, -0.15) is 0 Å². The van der Waals surface area contributed by atoms with E-state index < -0.39 is 0 Å². The highest BCUT2D eigenvalue weighted by Crippen LogP contribution is 2.28. The highest BCUT2D eigenvalue weighted by atomic mass is 35.5. The Bertz CT molecular complexity index is 766. The topological polar surface area (TPSA) is 81.1 Å². The van der Waals surface area contributed by atoms with Gasteiger partial charge in [0.15, 0.2) is 5.69 Å². The summed E-state index contributed by atoms with van der Waals surface area (Å²) in [7, 11) is 1.71. The number of halogens is 1. The lowest BCUT2D eigenvalue weighted by Crippen LogP contribution is -2.47. The van der Waals surface area contributed by atoms with Crippen molar-refractivity contribution in [3.63, 3.8) is 0 Å². The van der Waals surface area contributed by atoms with Crippen LogP contribution in [-0.2, 0) is 4.74 Å². The zero-order valence-electron chi connectivity index (χ0n) is 16.1. The van der Waals surface area contributed by atoms with Crippen LogP contribution in [0, 0.1) is 19.3 Å². The van der Waals surface area contributed by atoms with E-state index in [4.69, 9.17) is 4.74 Å². The minimum atomic E-state index is -0.185. The highest BCUT2D eigenvalue weighted by molar-refractivity contribution is 5.93. The van der Waals surface area contributed by atoms with Gasteiger partial charge in [0.25, 0.3) is 5.91 Å². The maximum absolute atomic E-state index is 12.7. The highest BCUT2D eigenvalue weighted by Gasteiger charge is 2.33. The first kappa shape index (κ1) is 21.3. The van der Waals surface area contributed by atoms with Gasteiger partial charge in [-0.05, 0) is 57.5 Å². The summed E-state index contributed by atoms with van der Waals surface area (Å²) in [5, 5.41) is 14.7. The molecule has 1 aliphatic heterocycles.